The molecule has 0 saturated heterocycles. The van der Waals surface area contributed by atoms with Gasteiger partial charge in [0, 0.05) is 21.3 Å². The number of amides is 1. The lowest BCUT2D eigenvalue weighted by atomic mass is 10.3. The zero-order chi connectivity index (χ0) is 11.3. The quantitative estimate of drug-likeness (QED) is 0.867. The van der Waals surface area contributed by atoms with E-state index in [1.807, 2.05) is 11.4 Å². The molecule has 15 heavy (non-hydrogen) atoms. The van der Waals surface area contributed by atoms with E-state index in [0.29, 0.717) is 6.42 Å². The number of hydrogen-bond acceptors (Lipinski definition) is 3. The predicted molar refractivity (Wildman–Crippen MR) is 61.0 cm³/mol. The molecule has 2 N–H and O–H groups in total. The highest BCUT2D eigenvalue weighted by molar-refractivity contribution is 9.10. The van der Waals surface area contributed by atoms with Crippen molar-refractivity contribution in [3.05, 3.63) is 20.8 Å². The van der Waals surface area contributed by atoms with Gasteiger partial charge in [-0.05, 0) is 22.0 Å². The van der Waals surface area contributed by atoms with Gasteiger partial charge in [0.2, 0.25) is 5.91 Å². The summed E-state index contributed by atoms with van der Waals surface area (Å²) in [4.78, 5) is 22.4. The molecule has 1 heterocycles. The number of carbonyl (C=O) groups excluding carboxylic acids is 1. The first kappa shape index (κ1) is 12.2. The van der Waals surface area contributed by atoms with Crippen molar-refractivity contribution in [3.8, 4) is 0 Å². The monoisotopic (exact) mass is 291 g/mol. The second-order valence-corrected chi connectivity index (χ2v) is 4.81. The molecular formula is C9H10BrNO3S. The van der Waals surface area contributed by atoms with Crippen LogP contribution in [0.25, 0.3) is 0 Å². The molecule has 0 spiro atoms. The van der Waals surface area contributed by atoms with Crippen molar-refractivity contribution in [2.45, 2.75) is 12.8 Å². The van der Waals surface area contributed by atoms with Gasteiger partial charge in [-0.3, -0.25) is 9.59 Å². The molecule has 1 amide bonds. The van der Waals surface area contributed by atoms with E-state index in [2.05, 4.69) is 21.2 Å². The molecule has 0 aliphatic rings. The minimum Gasteiger partial charge on any atom is -0.481 e. The van der Waals surface area contributed by atoms with Crippen LogP contribution in [0.5, 0.6) is 0 Å². The Morgan fingerprint density at radius 1 is 1.53 bits per heavy atom. The maximum absolute atomic E-state index is 11.3. The fraction of sp³-hybridized carbons (Fsp3) is 0.333. The van der Waals surface area contributed by atoms with Crippen LogP contribution >= 0.6 is 27.3 Å². The summed E-state index contributed by atoms with van der Waals surface area (Å²) in [5.74, 6) is -1.06. The Morgan fingerprint density at radius 2 is 2.27 bits per heavy atom. The molecule has 0 radical (unpaired) electrons. The highest BCUT2D eigenvalue weighted by atomic mass is 79.9. The topological polar surface area (TPSA) is 66.4 Å². The second kappa shape index (κ2) is 5.87. The Hall–Kier alpha value is -0.880. The maximum Gasteiger partial charge on any atom is 0.305 e. The molecule has 1 aromatic heterocycles. The molecule has 0 saturated carbocycles. The molecule has 0 atom stereocenters. The third kappa shape index (κ3) is 4.94. The average Bonchev–Trinajstić information content (AvgIpc) is 2.50. The van der Waals surface area contributed by atoms with Crippen LogP contribution in [0.15, 0.2) is 15.9 Å². The smallest absolute Gasteiger partial charge is 0.305 e. The summed E-state index contributed by atoms with van der Waals surface area (Å²) in [6.45, 7) is 0.181. The number of carboxylic acids is 1. The van der Waals surface area contributed by atoms with Crippen LogP contribution in [0.1, 0.15) is 11.3 Å². The maximum atomic E-state index is 11.3. The van der Waals surface area contributed by atoms with Crippen LogP contribution in [0.3, 0.4) is 0 Å². The molecule has 0 fully saturated rings. The first-order chi connectivity index (χ1) is 7.08. The van der Waals surface area contributed by atoms with E-state index in [0.717, 1.165) is 9.35 Å². The zero-order valence-electron chi connectivity index (χ0n) is 7.83. The Kier molecular flexibility index (Phi) is 4.77. The van der Waals surface area contributed by atoms with Gasteiger partial charge < -0.3 is 10.4 Å². The van der Waals surface area contributed by atoms with Crippen molar-refractivity contribution in [1.82, 2.24) is 5.32 Å². The fourth-order valence-corrected chi connectivity index (χ4v) is 2.43. The van der Waals surface area contributed by atoms with Gasteiger partial charge in [0.25, 0.3) is 0 Å². The normalized spacial score (nSPS) is 9.93. The molecule has 1 aromatic rings. The van der Waals surface area contributed by atoms with Crippen molar-refractivity contribution in [2.24, 2.45) is 0 Å². The van der Waals surface area contributed by atoms with Crippen LogP contribution in [0.4, 0.5) is 0 Å². The minimum atomic E-state index is -0.908. The molecule has 0 bridgehead atoms. The fourth-order valence-electron chi connectivity index (χ4n) is 0.976. The number of carboxylic acid groups (broad SMARTS) is 1. The van der Waals surface area contributed by atoms with Crippen LogP contribution in [-0.4, -0.2) is 23.5 Å². The first-order valence-electron chi connectivity index (χ1n) is 4.29. The number of rotatable bonds is 5. The van der Waals surface area contributed by atoms with Crippen molar-refractivity contribution < 1.29 is 14.7 Å². The zero-order valence-corrected chi connectivity index (χ0v) is 10.2. The second-order valence-electron chi connectivity index (χ2n) is 2.90. The number of aliphatic carboxylic acids is 1. The lowest BCUT2D eigenvalue weighted by Gasteiger charge is -2.01. The molecule has 4 nitrogen and oxygen atoms in total. The average molecular weight is 292 g/mol. The summed E-state index contributed by atoms with van der Waals surface area (Å²) >= 11 is 4.79. The lowest BCUT2D eigenvalue weighted by Crippen LogP contribution is -2.27. The van der Waals surface area contributed by atoms with E-state index in [1.165, 1.54) is 11.3 Å². The molecule has 1 rings (SSSR count). The highest BCUT2D eigenvalue weighted by Crippen LogP contribution is 2.19. The van der Waals surface area contributed by atoms with Crippen molar-refractivity contribution in [1.29, 1.82) is 0 Å². The van der Waals surface area contributed by atoms with Gasteiger partial charge in [-0.2, -0.15) is 0 Å². The van der Waals surface area contributed by atoms with Crippen LogP contribution < -0.4 is 5.32 Å². The summed E-state index contributed by atoms with van der Waals surface area (Å²) in [5.41, 5.74) is 0. The number of hydrogen-bond donors (Lipinski definition) is 2. The molecule has 82 valence electrons. The summed E-state index contributed by atoms with van der Waals surface area (Å²) in [6.07, 6.45) is 0.260. The number of thiophene rings is 1. The third-order valence-corrected chi connectivity index (χ3v) is 3.32. The van der Waals surface area contributed by atoms with Crippen LogP contribution in [-0.2, 0) is 16.0 Å². The van der Waals surface area contributed by atoms with E-state index in [9.17, 15) is 9.59 Å². The van der Waals surface area contributed by atoms with Crippen LogP contribution in [0, 0.1) is 0 Å². The summed E-state index contributed by atoms with van der Waals surface area (Å²) in [6, 6.07) is 1.88. The van der Waals surface area contributed by atoms with Crippen molar-refractivity contribution >= 4 is 39.1 Å². The summed E-state index contributed by atoms with van der Waals surface area (Å²) in [7, 11) is 0. The van der Waals surface area contributed by atoms with Gasteiger partial charge in [-0.1, -0.05) is 0 Å². The molecule has 0 aliphatic carbocycles. The SMILES string of the molecule is O=C(O)CCNC(=O)Cc1cc(Br)cs1. The van der Waals surface area contributed by atoms with E-state index >= 15 is 0 Å². The van der Waals surface area contributed by atoms with Gasteiger partial charge in [-0.25, -0.2) is 0 Å². The van der Waals surface area contributed by atoms with Gasteiger partial charge >= 0.3 is 5.97 Å². The lowest BCUT2D eigenvalue weighted by molar-refractivity contribution is -0.136. The van der Waals surface area contributed by atoms with Crippen molar-refractivity contribution in [2.75, 3.05) is 6.54 Å². The van der Waals surface area contributed by atoms with E-state index in [4.69, 9.17) is 5.11 Å². The number of carbonyl (C=O) groups is 2. The van der Waals surface area contributed by atoms with E-state index in [-0.39, 0.29) is 18.9 Å². The Bertz CT molecular complexity index is 364. The molecule has 0 aromatic carbocycles. The Balaban J connectivity index is 2.27. The number of nitrogens with one attached hydrogen (secondary N) is 1. The predicted octanol–water partition coefficient (Wildman–Crippen LogP) is 1.64. The van der Waals surface area contributed by atoms with Gasteiger partial charge in [0.1, 0.15) is 0 Å². The number of halogens is 1. The molecule has 6 heteroatoms. The largest absolute Gasteiger partial charge is 0.481 e. The molecule has 0 aliphatic heterocycles. The molecular weight excluding hydrogens is 282 g/mol. The minimum absolute atomic E-state index is 0.0418. The Labute approximate surface area is 99.4 Å². The highest BCUT2D eigenvalue weighted by Gasteiger charge is 2.05. The van der Waals surface area contributed by atoms with Gasteiger partial charge in [0.15, 0.2) is 0 Å². The van der Waals surface area contributed by atoms with Gasteiger partial charge in [-0.15, -0.1) is 11.3 Å². The van der Waals surface area contributed by atoms with E-state index in [1.54, 1.807) is 0 Å². The standard InChI is InChI=1S/C9H10BrNO3S/c10-6-3-7(15-5-6)4-8(12)11-2-1-9(13)14/h3,5H,1-2,4H2,(H,11,12)(H,13,14). The summed E-state index contributed by atoms with van der Waals surface area (Å²) in [5, 5.41) is 12.8. The van der Waals surface area contributed by atoms with Crippen molar-refractivity contribution in [3.63, 3.8) is 0 Å². The van der Waals surface area contributed by atoms with Gasteiger partial charge in [0.05, 0.1) is 12.8 Å². The third-order valence-electron chi connectivity index (χ3n) is 1.62. The Morgan fingerprint density at radius 3 is 2.80 bits per heavy atom. The molecule has 0 unspecified atom stereocenters. The van der Waals surface area contributed by atoms with E-state index < -0.39 is 5.97 Å². The first-order valence-corrected chi connectivity index (χ1v) is 5.96. The van der Waals surface area contributed by atoms with Crippen LogP contribution in [0.2, 0.25) is 0 Å². The summed E-state index contributed by atoms with van der Waals surface area (Å²) < 4.78 is 0.959.